The Kier molecular flexibility index (Phi) is 8.44. The van der Waals surface area contributed by atoms with Crippen LogP contribution >= 0.6 is 11.6 Å². The molecule has 1 atom stereocenters. The second-order valence-corrected chi connectivity index (χ2v) is 10.0. The number of halogens is 1. The molecule has 1 aromatic heterocycles. The van der Waals surface area contributed by atoms with Gasteiger partial charge in [0.15, 0.2) is 0 Å². The number of esters is 1. The standard InChI is InChI=1S/C32H32ClNO4/c1-2-36-31(35)21-25-10-9-24-20-27(15-16-28(24)25)37-19-18-29-30(17-8-22-6-4-3-5-7-22)38-32(34-29)23-11-13-26(33)14-12-23/h3-7,11-16,20,25H,2,8-10,17-19,21H2,1H3/t25-/m0/s1. The summed E-state index contributed by atoms with van der Waals surface area (Å²) in [4.78, 5) is 16.8. The molecular weight excluding hydrogens is 498 g/mol. The number of carbonyl (C=O) groups is 1. The summed E-state index contributed by atoms with van der Waals surface area (Å²) in [5.74, 6) is 2.43. The predicted octanol–water partition coefficient (Wildman–Crippen LogP) is 7.38. The van der Waals surface area contributed by atoms with Crippen molar-refractivity contribution in [1.29, 1.82) is 0 Å². The lowest BCUT2D eigenvalue weighted by atomic mass is 9.98. The fourth-order valence-corrected chi connectivity index (χ4v) is 5.19. The zero-order valence-corrected chi connectivity index (χ0v) is 22.4. The van der Waals surface area contributed by atoms with Gasteiger partial charge in [0.05, 0.1) is 25.3 Å². The van der Waals surface area contributed by atoms with Crippen molar-refractivity contribution in [3.63, 3.8) is 0 Å². The number of hydrogen-bond acceptors (Lipinski definition) is 5. The first kappa shape index (κ1) is 26.1. The van der Waals surface area contributed by atoms with Gasteiger partial charge in [-0.2, -0.15) is 0 Å². The summed E-state index contributed by atoms with van der Waals surface area (Å²) in [5.41, 5.74) is 5.57. The molecule has 0 aliphatic heterocycles. The van der Waals surface area contributed by atoms with Gasteiger partial charge in [-0.15, -0.1) is 0 Å². The fourth-order valence-electron chi connectivity index (χ4n) is 5.06. The van der Waals surface area contributed by atoms with Crippen LogP contribution in [0.3, 0.4) is 0 Å². The molecule has 6 heteroatoms. The molecule has 5 nitrogen and oxygen atoms in total. The van der Waals surface area contributed by atoms with Gasteiger partial charge >= 0.3 is 5.97 Å². The third-order valence-corrected chi connectivity index (χ3v) is 7.25. The van der Waals surface area contributed by atoms with E-state index in [2.05, 4.69) is 36.4 Å². The number of hydrogen-bond donors (Lipinski definition) is 0. The van der Waals surface area contributed by atoms with Gasteiger partial charge in [0, 0.05) is 23.4 Å². The molecule has 0 amide bonds. The van der Waals surface area contributed by atoms with Crippen molar-refractivity contribution in [2.75, 3.05) is 13.2 Å². The minimum Gasteiger partial charge on any atom is -0.493 e. The minimum absolute atomic E-state index is 0.126. The van der Waals surface area contributed by atoms with E-state index in [4.69, 9.17) is 30.5 Å². The topological polar surface area (TPSA) is 61.6 Å². The van der Waals surface area contributed by atoms with Gasteiger partial charge in [0.1, 0.15) is 11.5 Å². The van der Waals surface area contributed by atoms with E-state index in [1.165, 1.54) is 16.7 Å². The highest BCUT2D eigenvalue weighted by Crippen LogP contribution is 2.37. The molecule has 0 saturated carbocycles. The molecular formula is C32H32ClNO4. The number of benzene rings is 3. The number of oxazole rings is 1. The maximum absolute atomic E-state index is 11.9. The quantitative estimate of drug-likeness (QED) is 0.190. The average Bonchev–Trinajstić information content (AvgIpc) is 3.52. The van der Waals surface area contributed by atoms with Gasteiger partial charge in [-0.25, -0.2) is 4.98 Å². The Balaban J connectivity index is 1.25. The number of aromatic nitrogens is 1. The van der Waals surface area contributed by atoms with Crippen molar-refractivity contribution in [3.8, 4) is 17.2 Å². The molecule has 0 spiro atoms. The van der Waals surface area contributed by atoms with Crippen molar-refractivity contribution >= 4 is 17.6 Å². The first-order chi connectivity index (χ1) is 18.6. The summed E-state index contributed by atoms with van der Waals surface area (Å²) in [6.45, 7) is 2.76. The van der Waals surface area contributed by atoms with Crippen LogP contribution in [-0.4, -0.2) is 24.2 Å². The number of aryl methyl sites for hydroxylation is 3. The Morgan fingerprint density at radius 1 is 1.03 bits per heavy atom. The van der Waals surface area contributed by atoms with E-state index in [0.29, 0.717) is 37.0 Å². The Morgan fingerprint density at radius 2 is 1.84 bits per heavy atom. The molecule has 0 fully saturated rings. The smallest absolute Gasteiger partial charge is 0.306 e. The van der Waals surface area contributed by atoms with E-state index in [0.717, 1.165) is 48.5 Å². The van der Waals surface area contributed by atoms with Crippen LogP contribution in [0.5, 0.6) is 5.75 Å². The molecule has 0 saturated heterocycles. The van der Waals surface area contributed by atoms with Crippen LogP contribution < -0.4 is 4.74 Å². The second-order valence-electron chi connectivity index (χ2n) is 9.59. The van der Waals surface area contributed by atoms with E-state index in [1.54, 1.807) is 0 Å². The maximum Gasteiger partial charge on any atom is 0.306 e. The first-order valence-corrected chi connectivity index (χ1v) is 13.7. The monoisotopic (exact) mass is 529 g/mol. The molecule has 5 rings (SSSR count). The third-order valence-electron chi connectivity index (χ3n) is 7.00. The molecule has 0 N–H and O–H groups in total. The SMILES string of the molecule is CCOC(=O)C[C@@H]1CCc2cc(OCCc3nc(-c4ccc(Cl)cc4)oc3CCc3ccccc3)ccc21. The highest BCUT2D eigenvalue weighted by Gasteiger charge is 2.25. The summed E-state index contributed by atoms with van der Waals surface area (Å²) in [6.07, 6.45) is 4.64. The fraction of sp³-hybridized carbons (Fsp3) is 0.312. The predicted molar refractivity (Wildman–Crippen MR) is 149 cm³/mol. The molecule has 3 aromatic carbocycles. The van der Waals surface area contributed by atoms with Gasteiger partial charge < -0.3 is 13.9 Å². The summed E-state index contributed by atoms with van der Waals surface area (Å²) >= 11 is 6.07. The molecule has 1 heterocycles. The van der Waals surface area contributed by atoms with E-state index < -0.39 is 0 Å². The molecule has 196 valence electrons. The van der Waals surface area contributed by atoms with Crippen molar-refractivity contribution < 1.29 is 18.7 Å². The Bertz CT molecular complexity index is 1360. The summed E-state index contributed by atoms with van der Waals surface area (Å²) in [6, 6.07) is 24.1. The molecule has 1 aliphatic carbocycles. The highest BCUT2D eigenvalue weighted by molar-refractivity contribution is 6.30. The number of fused-ring (bicyclic) bond motifs is 1. The third kappa shape index (κ3) is 6.46. The van der Waals surface area contributed by atoms with Crippen LogP contribution in [0.15, 0.2) is 77.2 Å². The second kappa shape index (κ2) is 12.3. The molecule has 0 bridgehead atoms. The summed E-state index contributed by atoms with van der Waals surface area (Å²) in [7, 11) is 0. The highest BCUT2D eigenvalue weighted by atomic mass is 35.5. The lowest BCUT2D eigenvalue weighted by molar-refractivity contribution is -0.143. The van der Waals surface area contributed by atoms with Crippen LogP contribution in [0.4, 0.5) is 0 Å². The van der Waals surface area contributed by atoms with Crippen molar-refractivity contribution in [2.45, 2.75) is 51.4 Å². The van der Waals surface area contributed by atoms with E-state index in [1.807, 2.05) is 43.3 Å². The molecule has 1 aliphatic rings. The first-order valence-electron chi connectivity index (χ1n) is 13.3. The van der Waals surface area contributed by atoms with Crippen LogP contribution in [0, 0.1) is 0 Å². The van der Waals surface area contributed by atoms with Gasteiger partial charge in [-0.3, -0.25) is 4.79 Å². The lowest BCUT2D eigenvalue weighted by Gasteiger charge is -2.12. The van der Waals surface area contributed by atoms with Crippen molar-refractivity contribution in [2.24, 2.45) is 0 Å². The lowest BCUT2D eigenvalue weighted by Crippen LogP contribution is -2.08. The number of rotatable bonds is 11. The zero-order valence-electron chi connectivity index (χ0n) is 21.6. The number of nitrogens with zero attached hydrogens (tertiary/aromatic N) is 1. The van der Waals surface area contributed by atoms with Crippen molar-refractivity contribution in [3.05, 3.63) is 106 Å². The Morgan fingerprint density at radius 3 is 2.63 bits per heavy atom. The molecule has 0 unspecified atom stereocenters. The van der Waals surface area contributed by atoms with Crippen LogP contribution in [0.1, 0.15) is 53.8 Å². The molecule has 38 heavy (non-hydrogen) atoms. The van der Waals surface area contributed by atoms with E-state index >= 15 is 0 Å². The summed E-state index contributed by atoms with van der Waals surface area (Å²) in [5, 5.41) is 0.680. The van der Waals surface area contributed by atoms with Crippen LogP contribution in [0.25, 0.3) is 11.5 Å². The number of ether oxygens (including phenoxy) is 2. The summed E-state index contributed by atoms with van der Waals surface area (Å²) < 4.78 is 17.5. The molecule has 4 aromatic rings. The number of carbonyl (C=O) groups excluding carboxylic acids is 1. The van der Waals surface area contributed by atoms with E-state index in [9.17, 15) is 4.79 Å². The van der Waals surface area contributed by atoms with Gasteiger partial charge in [0.2, 0.25) is 5.89 Å². The largest absolute Gasteiger partial charge is 0.493 e. The Hall–Kier alpha value is -3.57. The van der Waals surface area contributed by atoms with Crippen molar-refractivity contribution in [1.82, 2.24) is 4.98 Å². The minimum atomic E-state index is -0.126. The van der Waals surface area contributed by atoms with Gasteiger partial charge in [-0.1, -0.05) is 48.0 Å². The van der Waals surface area contributed by atoms with Crippen LogP contribution in [0.2, 0.25) is 5.02 Å². The van der Waals surface area contributed by atoms with Crippen LogP contribution in [-0.2, 0) is 35.2 Å². The van der Waals surface area contributed by atoms with E-state index in [-0.39, 0.29) is 11.9 Å². The zero-order chi connectivity index (χ0) is 26.3. The normalized spacial score (nSPS) is 14.3. The van der Waals surface area contributed by atoms with Gasteiger partial charge in [0.25, 0.3) is 0 Å². The maximum atomic E-state index is 11.9. The van der Waals surface area contributed by atoms with Gasteiger partial charge in [-0.05, 0) is 85.2 Å². The Labute approximate surface area is 228 Å². The average molecular weight is 530 g/mol. The molecule has 0 radical (unpaired) electrons.